The Morgan fingerprint density at radius 1 is 1.15 bits per heavy atom. The van der Waals surface area contributed by atoms with Crippen LogP contribution in [0.1, 0.15) is 52.0 Å². The van der Waals surface area contributed by atoms with E-state index >= 15 is 0 Å². The molecule has 0 saturated heterocycles. The molecular formula is C22H36O4Si. The van der Waals surface area contributed by atoms with Gasteiger partial charge in [-0.15, -0.1) is 0 Å². The predicted molar refractivity (Wildman–Crippen MR) is 111 cm³/mol. The first-order valence-electron chi connectivity index (χ1n) is 9.98. The van der Waals surface area contributed by atoms with Crippen molar-refractivity contribution in [1.29, 1.82) is 0 Å². The monoisotopic (exact) mass is 392 g/mol. The lowest BCUT2D eigenvalue weighted by Gasteiger charge is -2.43. The van der Waals surface area contributed by atoms with Crippen LogP contribution in [0.25, 0.3) is 0 Å². The molecule has 0 aromatic heterocycles. The molecule has 2 rings (SSSR count). The van der Waals surface area contributed by atoms with Crippen molar-refractivity contribution in [3.63, 3.8) is 0 Å². The van der Waals surface area contributed by atoms with Gasteiger partial charge >= 0.3 is 5.97 Å². The molecule has 4 nitrogen and oxygen atoms in total. The zero-order chi connectivity index (χ0) is 20.1. The number of carbonyl (C=O) groups is 1. The van der Waals surface area contributed by atoms with Crippen LogP contribution in [-0.4, -0.2) is 34.1 Å². The smallest absolute Gasteiger partial charge is 0.314 e. The number of carbonyl (C=O) groups excluding carboxylic acids is 1. The Morgan fingerprint density at radius 2 is 1.74 bits per heavy atom. The standard InChI is InChI=1S/C22H36O4Si/c1-21(2,3)27(5,6)26-19-12-14-22(15-13-19,20(23)24-4)17-25-16-18-10-8-7-9-11-18/h7-11,19H,12-17H2,1-6H3. The quantitative estimate of drug-likeness (QED) is 0.465. The summed E-state index contributed by atoms with van der Waals surface area (Å²) in [6, 6.07) is 10.1. The van der Waals surface area contributed by atoms with E-state index in [0.717, 1.165) is 31.2 Å². The molecule has 1 fully saturated rings. The van der Waals surface area contributed by atoms with Crippen molar-refractivity contribution < 1.29 is 18.7 Å². The van der Waals surface area contributed by atoms with Gasteiger partial charge in [-0.2, -0.15) is 0 Å². The van der Waals surface area contributed by atoms with E-state index in [1.54, 1.807) is 0 Å². The van der Waals surface area contributed by atoms with Crippen molar-refractivity contribution in [2.45, 2.75) is 77.3 Å². The largest absolute Gasteiger partial charge is 0.469 e. The minimum absolute atomic E-state index is 0.152. The van der Waals surface area contributed by atoms with Crippen LogP contribution in [0.5, 0.6) is 0 Å². The highest BCUT2D eigenvalue weighted by atomic mass is 28.4. The maximum absolute atomic E-state index is 12.5. The number of ether oxygens (including phenoxy) is 2. The molecule has 152 valence electrons. The molecule has 1 aromatic carbocycles. The maximum atomic E-state index is 12.5. The van der Waals surface area contributed by atoms with Crippen LogP contribution < -0.4 is 0 Å². The van der Waals surface area contributed by atoms with Crippen molar-refractivity contribution in [3.8, 4) is 0 Å². The molecule has 0 heterocycles. The number of esters is 1. The van der Waals surface area contributed by atoms with E-state index in [2.05, 4.69) is 33.9 Å². The van der Waals surface area contributed by atoms with Crippen molar-refractivity contribution in [2.75, 3.05) is 13.7 Å². The number of hydrogen-bond acceptors (Lipinski definition) is 4. The molecule has 1 saturated carbocycles. The van der Waals surface area contributed by atoms with Crippen molar-refractivity contribution in [3.05, 3.63) is 35.9 Å². The lowest BCUT2D eigenvalue weighted by atomic mass is 9.73. The van der Waals surface area contributed by atoms with Gasteiger partial charge in [0.05, 0.1) is 25.7 Å². The fourth-order valence-electron chi connectivity index (χ4n) is 3.42. The Kier molecular flexibility index (Phi) is 7.28. The first-order valence-corrected chi connectivity index (χ1v) is 12.9. The van der Waals surface area contributed by atoms with E-state index in [4.69, 9.17) is 13.9 Å². The highest BCUT2D eigenvalue weighted by Crippen LogP contribution is 2.43. The summed E-state index contributed by atoms with van der Waals surface area (Å²) < 4.78 is 17.6. The average molecular weight is 393 g/mol. The second-order valence-electron chi connectivity index (χ2n) is 9.33. The molecule has 0 bridgehead atoms. The van der Waals surface area contributed by atoms with E-state index in [1.807, 2.05) is 30.3 Å². The van der Waals surface area contributed by atoms with Gasteiger partial charge in [0, 0.05) is 6.10 Å². The number of hydrogen-bond donors (Lipinski definition) is 0. The first-order chi connectivity index (χ1) is 12.6. The van der Waals surface area contributed by atoms with E-state index < -0.39 is 13.7 Å². The summed E-state index contributed by atoms with van der Waals surface area (Å²) >= 11 is 0. The lowest BCUT2D eigenvalue weighted by molar-refractivity contribution is -0.161. The summed E-state index contributed by atoms with van der Waals surface area (Å²) in [5, 5.41) is 0.197. The molecule has 27 heavy (non-hydrogen) atoms. The van der Waals surface area contributed by atoms with Gasteiger partial charge in [0.25, 0.3) is 0 Å². The first kappa shape index (κ1) is 22.1. The summed E-state index contributed by atoms with van der Waals surface area (Å²) in [5.41, 5.74) is 0.573. The van der Waals surface area contributed by atoms with Crippen LogP contribution >= 0.6 is 0 Å². The Labute approximate surface area is 165 Å². The molecule has 0 radical (unpaired) electrons. The molecule has 0 spiro atoms. The summed E-state index contributed by atoms with van der Waals surface area (Å²) in [6.45, 7) is 12.3. The van der Waals surface area contributed by atoms with Crippen LogP contribution in [-0.2, 0) is 25.3 Å². The van der Waals surface area contributed by atoms with Crippen LogP contribution in [0.15, 0.2) is 30.3 Å². The van der Waals surface area contributed by atoms with Crippen LogP contribution in [0.4, 0.5) is 0 Å². The Bertz CT molecular complexity index is 598. The van der Waals surface area contributed by atoms with Gasteiger partial charge in [-0.1, -0.05) is 51.1 Å². The second kappa shape index (κ2) is 8.89. The fraction of sp³-hybridized carbons (Fsp3) is 0.682. The SMILES string of the molecule is COC(=O)C1(COCc2ccccc2)CCC(O[Si](C)(C)C(C)(C)C)CC1. The Hall–Kier alpha value is -1.17. The van der Waals surface area contributed by atoms with Crippen molar-refractivity contribution in [1.82, 2.24) is 0 Å². The van der Waals surface area contributed by atoms with Gasteiger partial charge < -0.3 is 13.9 Å². The minimum atomic E-state index is -1.79. The number of benzene rings is 1. The maximum Gasteiger partial charge on any atom is 0.314 e. The van der Waals surface area contributed by atoms with Gasteiger partial charge in [0.1, 0.15) is 0 Å². The predicted octanol–water partition coefficient (Wildman–Crippen LogP) is 5.33. The molecular weight excluding hydrogens is 356 g/mol. The minimum Gasteiger partial charge on any atom is -0.469 e. The summed E-state index contributed by atoms with van der Waals surface area (Å²) in [6.07, 6.45) is 3.52. The molecule has 5 heteroatoms. The van der Waals surface area contributed by atoms with Crippen molar-refractivity contribution in [2.24, 2.45) is 5.41 Å². The third-order valence-corrected chi connectivity index (χ3v) is 10.8. The lowest BCUT2D eigenvalue weighted by Crippen LogP contribution is -2.47. The molecule has 1 aromatic rings. The van der Waals surface area contributed by atoms with Gasteiger partial charge in [0.2, 0.25) is 0 Å². The highest BCUT2D eigenvalue weighted by molar-refractivity contribution is 6.74. The molecule has 0 aliphatic heterocycles. The molecule has 0 atom stereocenters. The number of rotatable bonds is 7. The van der Waals surface area contributed by atoms with E-state index in [1.165, 1.54) is 7.11 Å². The Balaban J connectivity index is 1.95. The fourth-order valence-corrected chi connectivity index (χ4v) is 4.84. The van der Waals surface area contributed by atoms with Gasteiger partial charge in [-0.25, -0.2) is 0 Å². The molecule has 0 amide bonds. The Morgan fingerprint density at radius 3 is 2.26 bits per heavy atom. The second-order valence-corrected chi connectivity index (χ2v) is 14.1. The van der Waals surface area contributed by atoms with Crippen LogP contribution in [0.3, 0.4) is 0 Å². The van der Waals surface area contributed by atoms with Gasteiger partial charge in [-0.05, 0) is 49.4 Å². The van der Waals surface area contributed by atoms with Gasteiger partial charge in [-0.3, -0.25) is 4.79 Å². The summed E-state index contributed by atoms with van der Waals surface area (Å²) in [5.74, 6) is -0.152. The molecule has 0 unspecified atom stereocenters. The van der Waals surface area contributed by atoms with Crippen LogP contribution in [0.2, 0.25) is 18.1 Å². The molecule has 0 N–H and O–H groups in total. The zero-order valence-corrected chi connectivity index (χ0v) is 18.8. The van der Waals surface area contributed by atoms with E-state index in [9.17, 15) is 4.79 Å². The topological polar surface area (TPSA) is 44.8 Å². The van der Waals surface area contributed by atoms with Crippen molar-refractivity contribution >= 4 is 14.3 Å². The molecule has 1 aliphatic carbocycles. The van der Waals surface area contributed by atoms with Gasteiger partial charge in [0.15, 0.2) is 8.32 Å². The zero-order valence-electron chi connectivity index (χ0n) is 17.8. The van der Waals surface area contributed by atoms with E-state index in [0.29, 0.717) is 13.2 Å². The summed E-state index contributed by atoms with van der Waals surface area (Å²) in [7, 11) is -0.319. The number of methoxy groups -OCH3 is 1. The van der Waals surface area contributed by atoms with E-state index in [-0.39, 0.29) is 17.1 Å². The summed E-state index contributed by atoms with van der Waals surface area (Å²) in [4.78, 5) is 12.5. The van der Waals surface area contributed by atoms with Crippen LogP contribution in [0, 0.1) is 5.41 Å². The highest BCUT2D eigenvalue weighted by Gasteiger charge is 2.46. The molecule has 1 aliphatic rings. The average Bonchev–Trinajstić information content (AvgIpc) is 2.62. The third kappa shape index (κ3) is 5.66. The third-order valence-electron chi connectivity index (χ3n) is 6.27. The normalized spacial score (nSPS) is 23.9.